The molecule has 0 bridgehead atoms. The van der Waals surface area contributed by atoms with E-state index in [1.54, 1.807) is 12.1 Å². The number of carbonyl (C=O) groups excluding carboxylic acids is 3. The van der Waals surface area contributed by atoms with Crippen LogP contribution in [0.1, 0.15) is 55.8 Å². The minimum Gasteiger partial charge on any atom is -0.506 e. The van der Waals surface area contributed by atoms with Gasteiger partial charge < -0.3 is 40.8 Å². The molecule has 7 N–H and O–H groups in total. The molecule has 6 rings (SSSR count). The summed E-state index contributed by atoms with van der Waals surface area (Å²) >= 11 is 0. The molecule has 0 spiro atoms. The Morgan fingerprint density at radius 3 is 2.37 bits per heavy atom. The summed E-state index contributed by atoms with van der Waals surface area (Å²) in [6.07, 6.45) is 1.95. The van der Waals surface area contributed by atoms with E-state index in [1.165, 1.54) is 12.1 Å². The fourth-order valence-electron chi connectivity index (χ4n) is 6.93. The second kappa shape index (κ2) is 20.2. The number of pyridine rings is 1. The van der Waals surface area contributed by atoms with Crippen molar-refractivity contribution in [2.75, 3.05) is 43.4 Å². The number of carbonyl (C=O) groups is 3. The summed E-state index contributed by atoms with van der Waals surface area (Å²) in [5.74, 6) is -0.178. The lowest BCUT2D eigenvalue weighted by molar-refractivity contribution is -0.121. The van der Waals surface area contributed by atoms with E-state index in [0.717, 1.165) is 29.8 Å². The van der Waals surface area contributed by atoms with E-state index in [1.807, 2.05) is 78.9 Å². The van der Waals surface area contributed by atoms with Gasteiger partial charge >= 0.3 is 6.09 Å². The molecule has 298 valence electrons. The van der Waals surface area contributed by atoms with E-state index in [-0.39, 0.29) is 41.3 Å². The highest BCUT2D eigenvalue weighted by Gasteiger charge is 2.23. The van der Waals surface area contributed by atoms with Gasteiger partial charge in [0.15, 0.2) is 0 Å². The number of rotatable bonds is 17. The van der Waals surface area contributed by atoms with Crippen LogP contribution >= 0.6 is 0 Å². The number of fused-ring (bicyclic) bond motifs is 1. The lowest BCUT2D eigenvalue weighted by atomic mass is 10.0. The van der Waals surface area contributed by atoms with Gasteiger partial charge in [0.05, 0.1) is 17.3 Å². The number of nitrogens with zero attached hydrogens (tertiary/aromatic N) is 1. The Labute approximate surface area is 331 Å². The van der Waals surface area contributed by atoms with Crippen LogP contribution in [0.5, 0.6) is 5.75 Å². The molecule has 1 aromatic heterocycles. The van der Waals surface area contributed by atoms with Gasteiger partial charge in [0.2, 0.25) is 17.4 Å². The zero-order valence-corrected chi connectivity index (χ0v) is 31.8. The number of hydrogen-bond donors (Lipinski definition) is 7. The molecule has 2 heterocycles. The Morgan fingerprint density at radius 2 is 1.58 bits per heavy atom. The second-order valence-electron chi connectivity index (χ2n) is 14.2. The molecule has 4 aromatic carbocycles. The summed E-state index contributed by atoms with van der Waals surface area (Å²) < 4.78 is 5.73. The Morgan fingerprint density at radius 1 is 0.825 bits per heavy atom. The highest BCUT2D eigenvalue weighted by Crippen LogP contribution is 2.29. The molecule has 57 heavy (non-hydrogen) atoms. The van der Waals surface area contributed by atoms with Crippen LogP contribution in [0.25, 0.3) is 22.0 Å². The number of para-hydroxylation sites is 1. The number of ether oxygens (including phenoxy) is 1. The van der Waals surface area contributed by atoms with Crippen LogP contribution in [0.15, 0.2) is 108 Å². The molecule has 0 saturated carbocycles. The molecule has 13 nitrogen and oxygen atoms in total. The summed E-state index contributed by atoms with van der Waals surface area (Å²) in [6.45, 7) is 3.37. The van der Waals surface area contributed by atoms with Crippen LogP contribution in [0.4, 0.5) is 16.2 Å². The van der Waals surface area contributed by atoms with Gasteiger partial charge in [-0.3, -0.25) is 19.7 Å². The molecule has 0 aliphatic carbocycles. The third-order valence-corrected chi connectivity index (χ3v) is 10.0. The predicted octanol–water partition coefficient (Wildman–Crippen LogP) is 6.05. The Hall–Kier alpha value is -6.02. The monoisotopic (exact) mass is 774 g/mol. The highest BCUT2D eigenvalue weighted by molar-refractivity contribution is 5.92. The van der Waals surface area contributed by atoms with Crippen molar-refractivity contribution in [3.8, 4) is 16.9 Å². The second-order valence-corrected chi connectivity index (χ2v) is 14.2. The van der Waals surface area contributed by atoms with E-state index < -0.39 is 12.2 Å². The van der Waals surface area contributed by atoms with Crippen molar-refractivity contribution in [1.82, 2.24) is 20.5 Å². The number of benzene rings is 4. The van der Waals surface area contributed by atoms with Gasteiger partial charge in [-0.25, -0.2) is 4.79 Å². The highest BCUT2D eigenvalue weighted by atomic mass is 16.6. The number of aromatic nitrogens is 1. The number of aliphatic hydroxyl groups is 1. The first-order valence-electron chi connectivity index (χ1n) is 19.5. The van der Waals surface area contributed by atoms with Gasteiger partial charge in [-0.1, -0.05) is 66.7 Å². The summed E-state index contributed by atoms with van der Waals surface area (Å²) in [4.78, 5) is 54.2. The number of piperidine rings is 1. The summed E-state index contributed by atoms with van der Waals surface area (Å²) in [6, 6.07) is 31.0. The van der Waals surface area contributed by atoms with Gasteiger partial charge in [0.25, 0.3) is 0 Å². The van der Waals surface area contributed by atoms with Gasteiger partial charge in [-0.2, -0.15) is 0 Å². The molecular weight excluding hydrogens is 725 g/mol. The van der Waals surface area contributed by atoms with Crippen molar-refractivity contribution in [2.24, 2.45) is 0 Å². The van der Waals surface area contributed by atoms with E-state index in [0.29, 0.717) is 80.5 Å². The molecule has 0 radical (unpaired) electrons. The lowest BCUT2D eigenvalue weighted by Crippen LogP contribution is -2.40. The number of hydrogen-bond acceptors (Lipinski definition) is 9. The standard InChI is InChI=1S/C44H50N6O7/c51-38-19-17-35(36-18-20-42(55)49-43(36)38)39(52)29-45-28-30-13-15-32(16-14-30)47-41(54)12-6-7-24-46-40(53)23-27-50-25-21-33(22-26-50)57-44(56)48-37-11-5-4-10-34(37)31-8-2-1-3-9-31/h1-5,8-11,13-20,33,39,45,51-52H,6-7,12,21-29H2,(H,46,53)(H,47,54)(H,48,56)(H,49,55)/t39-/m0/s1. The molecule has 3 amide bonds. The number of aliphatic hydroxyl groups excluding tert-OH is 1. The first-order chi connectivity index (χ1) is 27.7. The molecule has 1 saturated heterocycles. The SMILES string of the molecule is O=C(CCN1CCC(OC(=O)Nc2ccccc2-c2ccccc2)CC1)NCCCCC(=O)Nc1ccc(CNC[C@H](O)c2ccc(O)c3[nH]c(=O)ccc23)cc1. The number of amides is 3. The molecule has 1 atom stereocenters. The maximum Gasteiger partial charge on any atom is 0.411 e. The minimum atomic E-state index is -0.861. The third kappa shape index (κ3) is 12.0. The topological polar surface area (TPSA) is 185 Å². The lowest BCUT2D eigenvalue weighted by Gasteiger charge is -2.31. The fourth-order valence-corrected chi connectivity index (χ4v) is 6.93. The van der Waals surface area contributed by atoms with Crippen molar-refractivity contribution in [3.63, 3.8) is 0 Å². The van der Waals surface area contributed by atoms with Crippen LogP contribution in [0.2, 0.25) is 0 Å². The van der Waals surface area contributed by atoms with Crippen molar-refractivity contribution in [2.45, 2.75) is 57.3 Å². The van der Waals surface area contributed by atoms with Gasteiger partial charge in [0, 0.05) is 74.8 Å². The number of phenolic OH excluding ortho intramolecular Hbond substituents is 1. The van der Waals surface area contributed by atoms with Crippen molar-refractivity contribution >= 4 is 40.2 Å². The van der Waals surface area contributed by atoms with Crippen LogP contribution in [-0.4, -0.2) is 76.8 Å². The van der Waals surface area contributed by atoms with Crippen LogP contribution in [0.3, 0.4) is 0 Å². The normalized spacial score (nSPS) is 13.8. The average molecular weight is 775 g/mol. The molecule has 0 unspecified atom stereocenters. The number of unbranched alkanes of at least 4 members (excludes halogenated alkanes) is 1. The van der Waals surface area contributed by atoms with Crippen molar-refractivity contribution < 1.29 is 29.3 Å². The zero-order chi connectivity index (χ0) is 40.0. The summed E-state index contributed by atoms with van der Waals surface area (Å²) in [5, 5.41) is 33.4. The van der Waals surface area contributed by atoms with Gasteiger partial charge in [-0.15, -0.1) is 0 Å². The Kier molecular flexibility index (Phi) is 14.4. The third-order valence-electron chi connectivity index (χ3n) is 10.0. The van der Waals surface area contributed by atoms with E-state index in [4.69, 9.17) is 4.74 Å². The molecule has 1 aliphatic heterocycles. The quantitative estimate of drug-likeness (QED) is 0.0553. The van der Waals surface area contributed by atoms with E-state index >= 15 is 0 Å². The molecular formula is C44H50N6O7. The number of likely N-dealkylation sites (tertiary alicyclic amines) is 1. The molecule has 1 aliphatic rings. The average Bonchev–Trinajstić information content (AvgIpc) is 3.22. The number of phenols is 1. The fraction of sp³-hybridized carbons (Fsp3) is 0.318. The Bertz CT molecular complexity index is 2170. The maximum absolute atomic E-state index is 12.7. The van der Waals surface area contributed by atoms with Crippen LogP contribution in [-0.2, 0) is 20.9 Å². The number of aromatic hydroxyl groups is 1. The van der Waals surface area contributed by atoms with E-state index in [2.05, 4.69) is 31.2 Å². The van der Waals surface area contributed by atoms with Crippen molar-refractivity contribution in [3.05, 3.63) is 125 Å². The predicted molar refractivity (Wildman–Crippen MR) is 221 cm³/mol. The van der Waals surface area contributed by atoms with Crippen molar-refractivity contribution in [1.29, 1.82) is 0 Å². The molecule has 1 fully saturated rings. The number of anilines is 2. The molecule has 13 heteroatoms. The zero-order valence-electron chi connectivity index (χ0n) is 31.8. The Balaban J connectivity index is 0.797. The van der Waals surface area contributed by atoms with Crippen LogP contribution < -0.4 is 26.8 Å². The summed E-state index contributed by atoms with van der Waals surface area (Å²) in [7, 11) is 0. The largest absolute Gasteiger partial charge is 0.506 e. The first kappa shape index (κ1) is 40.6. The molecule has 5 aromatic rings. The smallest absolute Gasteiger partial charge is 0.411 e. The van der Waals surface area contributed by atoms with Gasteiger partial charge in [0.1, 0.15) is 11.9 Å². The number of aromatic amines is 1. The van der Waals surface area contributed by atoms with Crippen LogP contribution in [0, 0.1) is 0 Å². The number of nitrogens with one attached hydrogen (secondary N) is 5. The maximum atomic E-state index is 12.7. The number of H-pyrrole nitrogens is 1. The first-order valence-corrected chi connectivity index (χ1v) is 19.5. The van der Waals surface area contributed by atoms with Gasteiger partial charge in [-0.05, 0) is 72.7 Å². The summed E-state index contributed by atoms with van der Waals surface area (Å²) in [5.41, 5.74) is 4.85. The minimum absolute atomic E-state index is 0.0233. The van der Waals surface area contributed by atoms with E-state index in [9.17, 15) is 29.4 Å².